The SMILES string of the molecule is CSc1ccccc1NC(=O)CN(C)C(=O)CCN1C(=O)c2ccccc2C1=O. The first-order chi connectivity index (χ1) is 13.9. The Morgan fingerprint density at radius 2 is 1.59 bits per heavy atom. The van der Waals surface area contributed by atoms with E-state index in [2.05, 4.69) is 5.32 Å². The Hall–Kier alpha value is -3.13. The van der Waals surface area contributed by atoms with Crippen molar-refractivity contribution in [2.75, 3.05) is 31.7 Å². The van der Waals surface area contributed by atoms with Crippen molar-refractivity contribution in [2.45, 2.75) is 11.3 Å². The molecule has 0 saturated carbocycles. The standard InChI is InChI=1S/C21H21N3O4S/c1-23(13-18(25)22-16-9-5-6-10-17(16)29-2)19(26)11-12-24-20(27)14-7-3-4-8-15(14)21(24)28/h3-10H,11-13H2,1-2H3,(H,22,25). The quantitative estimate of drug-likeness (QED) is 0.559. The van der Waals surface area contributed by atoms with Crippen LogP contribution in [0.3, 0.4) is 0 Å². The van der Waals surface area contributed by atoms with E-state index < -0.39 is 11.8 Å². The second-order valence-corrected chi connectivity index (χ2v) is 7.40. The number of rotatable bonds is 7. The van der Waals surface area contributed by atoms with Crippen molar-refractivity contribution >= 4 is 41.1 Å². The molecule has 4 amide bonds. The third kappa shape index (κ3) is 4.48. The molecule has 1 heterocycles. The number of nitrogens with zero attached hydrogens (tertiary/aromatic N) is 2. The van der Waals surface area contributed by atoms with Gasteiger partial charge in [-0.15, -0.1) is 11.8 Å². The maximum absolute atomic E-state index is 12.4. The number of benzene rings is 2. The number of para-hydroxylation sites is 1. The van der Waals surface area contributed by atoms with E-state index in [9.17, 15) is 19.2 Å². The third-order valence-electron chi connectivity index (χ3n) is 4.62. The third-order valence-corrected chi connectivity index (χ3v) is 5.41. The summed E-state index contributed by atoms with van der Waals surface area (Å²) in [5, 5.41) is 2.80. The summed E-state index contributed by atoms with van der Waals surface area (Å²) in [4.78, 5) is 52.6. The zero-order valence-electron chi connectivity index (χ0n) is 16.2. The molecular formula is C21H21N3O4S. The monoisotopic (exact) mass is 411 g/mol. The van der Waals surface area contributed by atoms with Crippen molar-refractivity contribution in [3.63, 3.8) is 0 Å². The maximum atomic E-state index is 12.4. The number of hydrogen-bond donors (Lipinski definition) is 1. The minimum atomic E-state index is -0.396. The van der Waals surface area contributed by atoms with Crippen LogP contribution in [0.5, 0.6) is 0 Å². The molecule has 29 heavy (non-hydrogen) atoms. The molecule has 7 nitrogen and oxygen atoms in total. The van der Waals surface area contributed by atoms with Gasteiger partial charge >= 0.3 is 0 Å². The van der Waals surface area contributed by atoms with Gasteiger partial charge in [-0.1, -0.05) is 24.3 Å². The van der Waals surface area contributed by atoms with Gasteiger partial charge in [0.15, 0.2) is 0 Å². The van der Waals surface area contributed by atoms with Crippen LogP contribution in [0.2, 0.25) is 0 Å². The molecule has 0 fully saturated rings. The predicted molar refractivity (Wildman–Crippen MR) is 111 cm³/mol. The molecule has 0 aliphatic carbocycles. The Bertz CT molecular complexity index is 941. The smallest absolute Gasteiger partial charge is 0.261 e. The summed E-state index contributed by atoms with van der Waals surface area (Å²) in [6.07, 6.45) is 1.87. The number of nitrogens with one attached hydrogen (secondary N) is 1. The zero-order valence-corrected chi connectivity index (χ0v) is 17.0. The zero-order chi connectivity index (χ0) is 21.0. The average molecular weight is 411 g/mol. The van der Waals surface area contributed by atoms with Crippen molar-refractivity contribution in [3.8, 4) is 0 Å². The lowest BCUT2D eigenvalue weighted by molar-refractivity contribution is -0.133. The summed E-state index contributed by atoms with van der Waals surface area (Å²) < 4.78 is 0. The second kappa shape index (κ2) is 8.91. The molecule has 3 rings (SSSR count). The van der Waals surface area contributed by atoms with Crippen LogP contribution in [0, 0.1) is 0 Å². The highest BCUT2D eigenvalue weighted by molar-refractivity contribution is 7.98. The molecule has 1 aliphatic heterocycles. The number of likely N-dealkylation sites (N-methyl/N-ethyl adjacent to an activating group) is 1. The van der Waals surface area contributed by atoms with Gasteiger partial charge in [0, 0.05) is 24.9 Å². The molecule has 1 N–H and O–H groups in total. The van der Waals surface area contributed by atoms with Crippen molar-refractivity contribution in [1.82, 2.24) is 9.80 Å². The Labute approximate surface area is 173 Å². The fourth-order valence-electron chi connectivity index (χ4n) is 3.08. The summed E-state index contributed by atoms with van der Waals surface area (Å²) >= 11 is 1.52. The number of amides is 4. The summed E-state index contributed by atoms with van der Waals surface area (Å²) in [5.41, 5.74) is 1.40. The van der Waals surface area contributed by atoms with Gasteiger partial charge in [-0.2, -0.15) is 0 Å². The molecule has 0 aromatic heterocycles. The molecular weight excluding hydrogens is 390 g/mol. The minimum absolute atomic E-state index is 0.0214. The van der Waals surface area contributed by atoms with Gasteiger partial charge < -0.3 is 10.2 Å². The van der Waals surface area contributed by atoms with Crippen LogP contribution in [0.25, 0.3) is 0 Å². The van der Waals surface area contributed by atoms with E-state index >= 15 is 0 Å². The van der Waals surface area contributed by atoms with Crippen LogP contribution < -0.4 is 5.32 Å². The van der Waals surface area contributed by atoms with Crippen molar-refractivity contribution in [1.29, 1.82) is 0 Å². The molecule has 1 aliphatic rings. The van der Waals surface area contributed by atoms with Crippen molar-refractivity contribution < 1.29 is 19.2 Å². The summed E-state index contributed by atoms with van der Waals surface area (Å²) in [5.74, 6) is -1.43. The van der Waals surface area contributed by atoms with E-state index in [1.807, 2.05) is 24.5 Å². The summed E-state index contributed by atoms with van der Waals surface area (Å²) in [6.45, 7) is -0.143. The number of carbonyl (C=O) groups excluding carboxylic acids is 4. The number of carbonyl (C=O) groups is 4. The van der Waals surface area contributed by atoms with Gasteiger partial charge in [0.25, 0.3) is 11.8 Å². The first-order valence-electron chi connectivity index (χ1n) is 9.04. The van der Waals surface area contributed by atoms with Crippen molar-refractivity contribution in [2.24, 2.45) is 0 Å². The summed E-state index contributed by atoms with van der Waals surface area (Å²) in [7, 11) is 1.52. The highest BCUT2D eigenvalue weighted by Gasteiger charge is 2.35. The van der Waals surface area contributed by atoms with Crippen LogP contribution in [-0.2, 0) is 9.59 Å². The second-order valence-electron chi connectivity index (χ2n) is 6.56. The fraction of sp³-hybridized carbons (Fsp3) is 0.238. The number of hydrogen-bond acceptors (Lipinski definition) is 5. The van der Waals surface area contributed by atoms with Crippen LogP contribution in [0.4, 0.5) is 5.69 Å². The van der Waals surface area contributed by atoms with Crippen molar-refractivity contribution in [3.05, 3.63) is 59.7 Å². The Morgan fingerprint density at radius 3 is 2.21 bits per heavy atom. The van der Waals surface area contributed by atoms with Gasteiger partial charge in [-0.25, -0.2) is 0 Å². The summed E-state index contributed by atoms with van der Waals surface area (Å²) in [6, 6.07) is 14.0. The largest absolute Gasteiger partial charge is 0.336 e. The van der Waals surface area contributed by atoms with Gasteiger partial charge in [-0.3, -0.25) is 24.1 Å². The van der Waals surface area contributed by atoms with E-state index in [4.69, 9.17) is 0 Å². The van der Waals surface area contributed by atoms with E-state index in [1.54, 1.807) is 30.3 Å². The van der Waals surface area contributed by atoms with Gasteiger partial charge in [0.1, 0.15) is 0 Å². The molecule has 0 atom stereocenters. The number of imide groups is 1. The molecule has 0 radical (unpaired) electrons. The highest BCUT2D eigenvalue weighted by atomic mass is 32.2. The Kier molecular flexibility index (Phi) is 6.33. The lowest BCUT2D eigenvalue weighted by atomic mass is 10.1. The molecule has 150 valence electrons. The molecule has 0 bridgehead atoms. The molecule has 8 heteroatoms. The molecule has 0 saturated heterocycles. The maximum Gasteiger partial charge on any atom is 0.261 e. The van der Waals surface area contributed by atoms with E-state index in [-0.39, 0.29) is 31.3 Å². The Morgan fingerprint density at radius 1 is 1.00 bits per heavy atom. The first kappa shape index (κ1) is 20.6. The van der Waals surface area contributed by atoms with Crippen LogP contribution in [0.15, 0.2) is 53.4 Å². The Balaban J connectivity index is 1.53. The highest BCUT2D eigenvalue weighted by Crippen LogP contribution is 2.24. The lowest BCUT2D eigenvalue weighted by Crippen LogP contribution is -2.38. The fourth-order valence-corrected chi connectivity index (χ4v) is 3.64. The van der Waals surface area contributed by atoms with Crippen LogP contribution >= 0.6 is 11.8 Å². The molecule has 2 aromatic carbocycles. The van der Waals surface area contributed by atoms with Gasteiger partial charge in [0.05, 0.1) is 23.4 Å². The number of fused-ring (bicyclic) bond motifs is 1. The normalized spacial score (nSPS) is 12.7. The molecule has 0 spiro atoms. The number of thioether (sulfide) groups is 1. The van der Waals surface area contributed by atoms with Crippen LogP contribution in [0.1, 0.15) is 27.1 Å². The predicted octanol–water partition coefficient (Wildman–Crippen LogP) is 2.49. The van der Waals surface area contributed by atoms with Crippen LogP contribution in [-0.4, -0.2) is 59.8 Å². The lowest BCUT2D eigenvalue weighted by Gasteiger charge is -2.19. The van der Waals surface area contributed by atoms with E-state index in [0.717, 1.165) is 9.80 Å². The van der Waals surface area contributed by atoms with E-state index in [0.29, 0.717) is 16.8 Å². The first-order valence-corrected chi connectivity index (χ1v) is 10.3. The molecule has 0 unspecified atom stereocenters. The number of anilines is 1. The van der Waals surface area contributed by atoms with E-state index in [1.165, 1.54) is 23.7 Å². The van der Waals surface area contributed by atoms with Gasteiger partial charge in [-0.05, 0) is 30.5 Å². The minimum Gasteiger partial charge on any atom is -0.336 e. The average Bonchev–Trinajstić information content (AvgIpc) is 2.97. The molecule has 2 aromatic rings. The van der Waals surface area contributed by atoms with Gasteiger partial charge in [0.2, 0.25) is 11.8 Å². The topological polar surface area (TPSA) is 86.8 Å².